The second-order valence-corrected chi connectivity index (χ2v) is 7.54. The third-order valence-electron chi connectivity index (χ3n) is 4.61. The van der Waals surface area contributed by atoms with Crippen LogP contribution in [0.15, 0.2) is 40.9 Å². The zero-order chi connectivity index (χ0) is 19.4. The summed E-state index contributed by atoms with van der Waals surface area (Å²) in [6.07, 6.45) is 1.80. The van der Waals surface area contributed by atoms with Gasteiger partial charge in [0.1, 0.15) is 17.2 Å². The van der Waals surface area contributed by atoms with Crippen LogP contribution >= 0.6 is 27.5 Å². The maximum Gasteiger partial charge on any atom is 0.261 e. The van der Waals surface area contributed by atoms with E-state index in [-0.39, 0.29) is 18.6 Å². The summed E-state index contributed by atoms with van der Waals surface area (Å²) >= 11 is 9.51. The quantitative estimate of drug-likeness (QED) is 0.625. The Kier molecular flexibility index (Phi) is 6.50. The summed E-state index contributed by atoms with van der Waals surface area (Å²) in [5.41, 5.74) is 0.948. The lowest BCUT2D eigenvalue weighted by molar-refractivity contribution is -0.134. The number of ether oxygens (including phenoxy) is 3. The third kappa shape index (κ3) is 4.50. The molecule has 0 saturated carbocycles. The predicted octanol–water partition coefficient (Wildman–Crippen LogP) is 4.86. The van der Waals surface area contributed by atoms with Gasteiger partial charge in [0, 0.05) is 16.6 Å². The Hall–Kier alpha value is -1.92. The van der Waals surface area contributed by atoms with Crippen LogP contribution in [0.5, 0.6) is 17.2 Å². The Morgan fingerprint density at radius 2 is 1.96 bits per heavy atom. The summed E-state index contributed by atoms with van der Waals surface area (Å²) in [7, 11) is 3.25. The molecule has 2 aromatic carbocycles. The first-order chi connectivity index (χ1) is 13.0. The van der Waals surface area contributed by atoms with Crippen LogP contribution in [0, 0.1) is 0 Å². The largest absolute Gasteiger partial charge is 0.497 e. The standard InChI is InChI=1S/C20H21BrClNO4/c1-25-14-6-8-18(26-2)15(11-14)17-4-3-9-23(17)20(24)12-27-19-7-5-13(21)10-16(19)22/h5-8,10-11,17H,3-4,9,12H2,1-2H3. The number of rotatable bonds is 6. The highest BCUT2D eigenvalue weighted by atomic mass is 79.9. The minimum Gasteiger partial charge on any atom is -0.497 e. The van der Waals surface area contributed by atoms with Gasteiger partial charge >= 0.3 is 0 Å². The van der Waals surface area contributed by atoms with Gasteiger partial charge < -0.3 is 19.1 Å². The molecule has 0 aliphatic carbocycles. The van der Waals surface area contributed by atoms with E-state index >= 15 is 0 Å². The van der Waals surface area contributed by atoms with Crippen LogP contribution in [0.2, 0.25) is 5.02 Å². The minimum atomic E-state index is -0.0821. The molecule has 1 amide bonds. The fraction of sp³-hybridized carbons (Fsp3) is 0.350. The van der Waals surface area contributed by atoms with E-state index in [1.807, 2.05) is 29.2 Å². The summed E-state index contributed by atoms with van der Waals surface area (Å²) in [6.45, 7) is 0.616. The van der Waals surface area contributed by atoms with Crippen molar-refractivity contribution < 1.29 is 19.0 Å². The van der Waals surface area contributed by atoms with Crippen LogP contribution in [0.1, 0.15) is 24.4 Å². The van der Waals surface area contributed by atoms with Crippen molar-refractivity contribution in [2.45, 2.75) is 18.9 Å². The summed E-state index contributed by atoms with van der Waals surface area (Å²) in [6, 6.07) is 10.9. The zero-order valence-corrected chi connectivity index (χ0v) is 17.5. The summed E-state index contributed by atoms with van der Waals surface area (Å²) in [5.74, 6) is 1.89. The minimum absolute atomic E-state index is 0.0634. The molecule has 1 saturated heterocycles. The van der Waals surface area contributed by atoms with Crippen LogP contribution in [0.3, 0.4) is 0 Å². The van der Waals surface area contributed by atoms with Gasteiger partial charge in [-0.2, -0.15) is 0 Å². The van der Waals surface area contributed by atoms with E-state index in [0.717, 1.165) is 34.4 Å². The van der Waals surface area contributed by atoms with Gasteiger partial charge in [-0.3, -0.25) is 4.79 Å². The first kappa shape index (κ1) is 19.8. The first-order valence-electron chi connectivity index (χ1n) is 8.62. The Balaban J connectivity index is 1.75. The SMILES string of the molecule is COc1ccc(OC)c(C2CCCN2C(=O)COc2ccc(Br)cc2Cl)c1. The van der Waals surface area contributed by atoms with Gasteiger partial charge in [-0.05, 0) is 49.2 Å². The van der Waals surface area contributed by atoms with Crippen molar-refractivity contribution in [1.29, 1.82) is 0 Å². The zero-order valence-electron chi connectivity index (χ0n) is 15.2. The van der Waals surface area contributed by atoms with Gasteiger partial charge in [-0.1, -0.05) is 27.5 Å². The number of hydrogen-bond acceptors (Lipinski definition) is 4. The van der Waals surface area contributed by atoms with Crippen LogP contribution in [-0.2, 0) is 4.79 Å². The third-order valence-corrected chi connectivity index (χ3v) is 5.40. The second kappa shape index (κ2) is 8.85. The topological polar surface area (TPSA) is 48.0 Å². The van der Waals surface area contributed by atoms with Gasteiger partial charge in [0.05, 0.1) is 25.3 Å². The van der Waals surface area contributed by atoms with Crippen molar-refractivity contribution in [3.63, 3.8) is 0 Å². The van der Waals surface area contributed by atoms with Gasteiger partial charge in [0.25, 0.3) is 5.91 Å². The maximum absolute atomic E-state index is 12.8. The van der Waals surface area contributed by atoms with Crippen molar-refractivity contribution in [3.05, 3.63) is 51.5 Å². The Bertz CT molecular complexity index is 830. The normalized spacial score (nSPS) is 16.3. The number of benzene rings is 2. The molecule has 1 aliphatic heterocycles. The first-order valence-corrected chi connectivity index (χ1v) is 9.80. The number of likely N-dealkylation sites (tertiary alicyclic amines) is 1. The fourth-order valence-electron chi connectivity index (χ4n) is 3.30. The summed E-state index contributed by atoms with van der Waals surface area (Å²) in [4.78, 5) is 14.6. The highest BCUT2D eigenvalue weighted by Crippen LogP contribution is 2.39. The lowest BCUT2D eigenvalue weighted by Crippen LogP contribution is -2.34. The fourth-order valence-corrected chi connectivity index (χ4v) is 4.03. The number of carbonyl (C=O) groups excluding carboxylic acids is 1. The molecule has 0 aromatic heterocycles. The van der Waals surface area contributed by atoms with Crippen LogP contribution in [0.4, 0.5) is 0 Å². The number of halogens is 2. The van der Waals surface area contributed by atoms with Crippen LogP contribution < -0.4 is 14.2 Å². The summed E-state index contributed by atoms with van der Waals surface area (Å²) < 4.78 is 17.3. The number of nitrogens with zero attached hydrogens (tertiary/aromatic N) is 1. The van der Waals surface area contributed by atoms with Crippen molar-refractivity contribution in [1.82, 2.24) is 4.90 Å². The molecule has 1 aliphatic rings. The number of amides is 1. The molecule has 1 fully saturated rings. The average Bonchev–Trinajstić information content (AvgIpc) is 3.16. The molecular formula is C20H21BrClNO4. The van der Waals surface area contributed by atoms with Crippen molar-refractivity contribution in [2.75, 3.05) is 27.4 Å². The molecule has 27 heavy (non-hydrogen) atoms. The van der Waals surface area contributed by atoms with Gasteiger partial charge in [0.15, 0.2) is 6.61 Å². The molecule has 0 radical (unpaired) electrons. The van der Waals surface area contributed by atoms with E-state index in [1.54, 1.807) is 26.4 Å². The Morgan fingerprint density at radius 3 is 2.67 bits per heavy atom. The molecule has 144 valence electrons. The molecule has 1 unspecified atom stereocenters. The van der Waals surface area contributed by atoms with Gasteiger partial charge in [-0.15, -0.1) is 0 Å². The van der Waals surface area contributed by atoms with E-state index in [1.165, 1.54) is 0 Å². The molecule has 3 rings (SSSR count). The van der Waals surface area contributed by atoms with Crippen LogP contribution in [-0.4, -0.2) is 38.2 Å². The maximum atomic E-state index is 12.8. The number of carbonyl (C=O) groups is 1. The molecule has 5 nitrogen and oxygen atoms in total. The van der Waals surface area contributed by atoms with Gasteiger partial charge in [-0.25, -0.2) is 0 Å². The van der Waals surface area contributed by atoms with Crippen molar-refractivity contribution in [3.8, 4) is 17.2 Å². The molecule has 2 aromatic rings. The van der Waals surface area contributed by atoms with E-state index in [4.69, 9.17) is 25.8 Å². The number of methoxy groups -OCH3 is 2. The smallest absolute Gasteiger partial charge is 0.261 e. The van der Waals surface area contributed by atoms with Crippen molar-refractivity contribution >= 4 is 33.4 Å². The molecule has 1 heterocycles. The molecule has 1 atom stereocenters. The Morgan fingerprint density at radius 1 is 1.19 bits per heavy atom. The molecule has 0 bridgehead atoms. The monoisotopic (exact) mass is 453 g/mol. The van der Waals surface area contributed by atoms with E-state index in [9.17, 15) is 4.79 Å². The Labute approximate surface area is 172 Å². The van der Waals surface area contributed by atoms with E-state index in [2.05, 4.69) is 15.9 Å². The molecular weight excluding hydrogens is 434 g/mol. The highest BCUT2D eigenvalue weighted by Gasteiger charge is 2.32. The molecule has 0 spiro atoms. The number of hydrogen-bond donors (Lipinski definition) is 0. The van der Waals surface area contributed by atoms with Crippen LogP contribution in [0.25, 0.3) is 0 Å². The molecule has 7 heteroatoms. The van der Waals surface area contributed by atoms with Gasteiger partial charge in [0.2, 0.25) is 0 Å². The second-order valence-electron chi connectivity index (χ2n) is 6.22. The van der Waals surface area contributed by atoms with E-state index < -0.39 is 0 Å². The van der Waals surface area contributed by atoms with Crippen molar-refractivity contribution in [2.24, 2.45) is 0 Å². The lowest BCUT2D eigenvalue weighted by Gasteiger charge is -2.26. The predicted molar refractivity (Wildman–Crippen MR) is 108 cm³/mol. The lowest BCUT2D eigenvalue weighted by atomic mass is 10.0. The molecule has 0 N–H and O–H groups in total. The average molecular weight is 455 g/mol. The summed E-state index contributed by atoms with van der Waals surface area (Å²) in [5, 5.41) is 0.463. The van der Waals surface area contributed by atoms with E-state index in [0.29, 0.717) is 17.3 Å². The highest BCUT2D eigenvalue weighted by molar-refractivity contribution is 9.10.